The third-order valence-corrected chi connectivity index (χ3v) is 6.02. The number of hydrogen-bond donors (Lipinski definition) is 0. The minimum atomic E-state index is -0.250. The highest BCUT2D eigenvalue weighted by molar-refractivity contribution is 5.89. The zero-order valence-electron chi connectivity index (χ0n) is 16.2. The zero-order chi connectivity index (χ0) is 19.1. The zero-order valence-corrected chi connectivity index (χ0v) is 16.2. The number of carbonyl (C=O) groups excluding carboxylic acids is 2. The van der Waals surface area contributed by atoms with Crippen LogP contribution in [-0.4, -0.2) is 44.5 Å². The molecule has 6 nitrogen and oxygen atoms in total. The van der Waals surface area contributed by atoms with Gasteiger partial charge in [0.25, 0.3) is 0 Å². The Morgan fingerprint density at radius 1 is 1.26 bits per heavy atom. The van der Waals surface area contributed by atoms with Gasteiger partial charge in [-0.1, -0.05) is 30.3 Å². The summed E-state index contributed by atoms with van der Waals surface area (Å²) in [4.78, 5) is 29.4. The number of fused-ring (bicyclic) bond motifs is 1. The van der Waals surface area contributed by atoms with Crippen molar-refractivity contribution in [3.63, 3.8) is 0 Å². The van der Waals surface area contributed by atoms with Gasteiger partial charge < -0.3 is 9.80 Å². The molecule has 0 bridgehead atoms. The van der Waals surface area contributed by atoms with E-state index >= 15 is 0 Å². The van der Waals surface area contributed by atoms with Crippen LogP contribution in [-0.2, 0) is 29.6 Å². The Morgan fingerprint density at radius 2 is 2.00 bits per heavy atom. The average Bonchev–Trinajstić information content (AvgIpc) is 3.21. The van der Waals surface area contributed by atoms with Crippen LogP contribution in [0.15, 0.2) is 30.3 Å². The predicted molar refractivity (Wildman–Crippen MR) is 102 cm³/mol. The summed E-state index contributed by atoms with van der Waals surface area (Å²) in [6, 6.07) is 9.99. The third kappa shape index (κ3) is 3.13. The Labute approximate surface area is 159 Å². The first-order valence-electron chi connectivity index (χ1n) is 9.60. The highest BCUT2D eigenvalue weighted by Crippen LogP contribution is 2.31. The Bertz CT molecular complexity index is 874. The second-order valence-electron chi connectivity index (χ2n) is 7.68. The largest absolute Gasteiger partial charge is 0.336 e. The Kier molecular flexibility index (Phi) is 4.50. The van der Waals surface area contributed by atoms with Crippen LogP contribution in [0.3, 0.4) is 0 Å². The van der Waals surface area contributed by atoms with Crippen molar-refractivity contribution in [2.24, 2.45) is 13.0 Å². The summed E-state index contributed by atoms with van der Waals surface area (Å²) in [5, 5.41) is 4.48. The molecule has 1 aromatic heterocycles. The first kappa shape index (κ1) is 17.8. The Morgan fingerprint density at radius 3 is 2.74 bits per heavy atom. The van der Waals surface area contributed by atoms with Gasteiger partial charge in [-0.25, -0.2) is 0 Å². The number of aromatic nitrogens is 2. The molecule has 1 fully saturated rings. The van der Waals surface area contributed by atoms with Gasteiger partial charge in [0.15, 0.2) is 0 Å². The van der Waals surface area contributed by atoms with Crippen molar-refractivity contribution in [2.45, 2.75) is 39.3 Å². The number of carbonyl (C=O) groups is 2. The number of rotatable bonds is 3. The quantitative estimate of drug-likeness (QED) is 0.837. The van der Waals surface area contributed by atoms with Crippen molar-refractivity contribution in [3.8, 4) is 0 Å². The molecule has 1 saturated heterocycles. The normalized spacial score (nSPS) is 20.7. The number of hydrogen-bond acceptors (Lipinski definition) is 3. The van der Waals surface area contributed by atoms with E-state index in [-0.39, 0.29) is 23.8 Å². The summed E-state index contributed by atoms with van der Waals surface area (Å²) in [7, 11) is 1.93. The Hall–Kier alpha value is -2.63. The predicted octanol–water partition coefficient (Wildman–Crippen LogP) is 2.22. The molecule has 2 aromatic rings. The van der Waals surface area contributed by atoms with Gasteiger partial charge in [0.2, 0.25) is 11.8 Å². The molecule has 2 atom stereocenters. The minimum Gasteiger partial charge on any atom is -0.336 e. The minimum absolute atomic E-state index is 0.0100. The lowest BCUT2D eigenvalue weighted by Gasteiger charge is -2.30. The molecule has 1 aromatic carbocycles. The van der Waals surface area contributed by atoms with Crippen LogP contribution in [0.25, 0.3) is 0 Å². The van der Waals surface area contributed by atoms with Crippen LogP contribution >= 0.6 is 0 Å². The molecule has 2 unspecified atom stereocenters. The first-order chi connectivity index (χ1) is 13.0. The molecular formula is C21H26N4O2. The summed E-state index contributed by atoms with van der Waals surface area (Å²) < 4.78 is 1.88. The highest BCUT2D eigenvalue weighted by Gasteiger charge is 2.39. The lowest BCUT2D eigenvalue weighted by atomic mass is 10.0. The molecule has 2 aliphatic rings. The Balaban J connectivity index is 1.46. The van der Waals surface area contributed by atoms with E-state index in [0.29, 0.717) is 26.1 Å². The van der Waals surface area contributed by atoms with E-state index in [1.54, 1.807) is 0 Å². The molecule has 0 saturated carbocycles. The number of likely N-dealkylation sites (tertiary alicyclic amines) is 1. The molecule has 4 rings (SSSR count). The topological polar surface area (TPSA) is 58.4 Å². The molecular weight excluding hydrogens is 340 g/mol. The molecule has 27 heavy (non-hydrogen) atoms. The lowest BCUT2D eigenvalue weighted by Crippen LogP contribution is -2.41. The summed E-state index contributed by atoms with van der Waals surface area (Å²) >= 11 is 0. The van der Waals surface area contributed by atoms with Gasteiger partial charge in [-0.05, 0) is 31.4 Å². The van der Waals surface area contributed by atoms with E-state index in [2.05, 4.69) is 5.10 Å². The van der Waals surface area contributed by atoms with Crippen molar-refractivity contribution in [1.82, 2.24) is 19.6 Å². The van der Waals surface area contributed by atoms with E-state index in [1.807, 2.05) is 65.7 Å². The summed E-state index contributed by atoms with van der Waals surface area (Å²) in [5.41, 5.74) is 4.54. The monoisotopic (exact) mass is 366 g/mol. The number of amides is 2. The molecule has 2 aliphatic heterocycles. The van der Waals surface area contributed by atoms with E-state index in [9.17, 15) is 9.59 Å². The van der Waals surface area contributed by atoms with E-state index < -0.39 is 0 Å². The number of aryl methyl sites for hydroxylation is 2. The molecule has 2 amide bonds. The van der Waals surface area contributed by atoms with E-state index in [1.165, 1.54) is 5.56 Å². The van der Waals surface area contributed by atoms with E-state index in [0.717, 1.165) is 23.4 Å². The maximum absolute atomic E-state index is 13.1. The van der Waals surface area contributed by atoms with Crippen molar-refractivity contribution in [2.75, 3.05) is 13.1 Å². The fraction of sp³-hybridized carbons (Fsp3) is 0.476. The third-order valence-electron chi connectivity index (χ3n) is 6.02. The maximum Gasteiger partial charge on any atom is 0.228 e. The highest BCUT2D eigenvalue weighted by atomic mass is 16.2. The second-order valence-corrected chi connectivity index (χ2v) is 7.68. The van der Waals surface area contributed by atoms with Crippen LogP contribution in [0.2, 0.25) is 0 Å². The lowest BCUT2D eigenvalue weighted by molar-refractivity contribution is -0.136. The molecule has 3 heterocycles. The summed E-state index contributed by atoms with van der Waals surface area (Å²) in [5.74, 6) is -0.0890. The molecule has 0 radical (unpaired) electrons. The van der Waals surface area contributed by atoms with Crippen LogP contribution in [0.1, 0.15) is 41.9 Å². The maximum atomic E-state index is 13.1. The SMILES string of the molecule is Cc1nn(C)c2c1CCN(C(=O)C1CC(=O)N(C(C)c3ccccc3)C1)C2. The number of nitrogens with zero attached hydrogens (tertiary/aromatic N) is 4. The number of benzene rings is 1. The van der Waals surface area contributed by atoms with Gasteiger partial charge in [0, 0.05) is 26.6 Å². The van der Waals surface area contributed by atoms with Crippen LogP contribution in [0.4, 0.5) is 0 Å². The molecule has 0 aliphatic carbocycles. The van der Waals surface area contributed by atoms with Gasteiger partial charge >= 0.3 is 0 Å². The van der Waals surface area contributed by atoms with Crippen molar-refractivity contribution >= 4 is 11.8 Å². The van der Waals surface area contributed by atoms with Crippen LogP contribution in [0.5, 0.6) is 0 Å². The van der Waals surface area contributed by atoms with Crippen LogP contribution in [0, 0.1) is 12.8 Å². The fourth-order valence-electron chi connectivity index (χ4n) is 4.41. The van der Waals surface area contributed by atoms with Crippen molar-refractivity contribution in [1.29, 1.82) is 0 Å². The van der Waals surface area contributed by atoms with E-state index in [4.69, 9.17) is 0 Å². The fourth-order valence-corrected chi connectivity index (χ4v) is 4.41. The standard InChI is InChI=1S/C21H26N4O2/c1-14-18-9-10-24(13-19(18)23(3)22-14)21(27)17-11-20(26)25(12-17)15(2)16-7-5-4-6-8-16/h4-8,15,17H,9-13H2,1-3H3. The molecule has 0 N–H and O–H groups in total. The van der Waals surface area contributed by atoms with Gasteiger partial charge in [0.05, 0.1) is 29.9 Å². The van der Waals surface area contributed by atoms with Gasteiger partial charge in [-0.15, -0.1) is 0 Å². The van der Waals surface area contributed by atoms with Gasteiger partial charge in [-0.3, -0.25) is 14.3 Å². The first-order valence-corrected chi connectivity index (χ1v) is 9.60. The smallest absolute Gasteiger partial charge is 0.228 e. The van der Waals surface area contributed by atoms with Gasteiger partial charge in [-0.2, -0.15) is 5.10 Å². The van der Waals surface area contributed by atoms with Crippen LogP contribution < -0.4 is 0 Å². The van der Waals surface area contributed by atoms with Gasteiger partial charge in [0.1, 0.15) is 0 Å². The van der Waals surface area contributed by atoms with Crippen molar-refractivity contribution in [3.05, 3.63) is 52.8 Å². The molecule has 6 heteroatoms. The second kappa shape index (κ2) is 6.83. The average molecular weight is 366 g/mol. The van der Waals surface area contributed by atoms with Crippen molar-refractivity contribution < 1.29 is 9.59 Å². The molecule has 0 spiro atoms. The summed E-state index contributed by atoms with van der Waals surface area (Å²) in [6.45, 7) is 5.85. The molecule has 142 valence electrons. The summed E-state index contributed by atoms with van der Waals surface area (Å²) in [6.07, 6.45) is 1.15.